The van der Waals surface area contributed by atoms with E-state index in [1.54, 1.807) is 0 Å². The number of carbonyl (C=O) groups excluding carboxylic acids is 2. The van der Waals surface area contributed by atoms with Gasteiger partial charge < -0.3 is 15.1 Å². The van der Waals surface area contributed by atoms with Gasteiger partial charge in [0.15, 0.2) is 0 Å². The zero-order chi connectivity index (χ0) is 14.7. The second-order valence-electron chi connectivity index (χ2n) is 6.57. The minimum Gasteiger partial charge on any atom is -0.355 e. The van der Waals surface area contributed by atoms with Crippen molar-refractivity contribution in [3.63, 3.8) is 0 Å². The highest BCUT2D eigenvalue weighted by Crippen LogP contribution is 2.40. The van der Waals surface area contributed by atoms with E-state index in [4.69, 9.17) is 0 Å². The molecule has 0 radical (unpaired) electrons. The smallest absolute Gasteiger partial charge is 0.226 e. The molecular weight excluding hydrogens is 254 g/mol. The minimum atomic E-state index is -0.0816. The van der Waals surface area contributed by atoms with Crippen molar-refractivity contribution >= 4 is 11.8 Å². The van der Waals surface area contributed by atoms with Crippen molar-refractivity contribution < 1.29 is 9.59 Å². The van der Waals surface area contributed by atoms with Crippen molar-refractivity contribution in [2.45, 2.75) is 26.2 Å². The molecule has 1 saturated carbocycles. The van der Waals surface area contributed by atoms with Gasteiger partial charge in [-0.3, -0.25) is 9.59 Å². The molecule has 0 aromatic carbocycles. The van der Waals surface area contributed by atoms with Gasteiger partial charge in [-0.15, -0.1) is 0 Å². The molecule has 2 aliphatic rings. The lowest BCUT2D eigenvalue weighted by molar-refractivity contribution is -0.136. The van der Waals surface area contributed by atoms with Crippen molar-refractivity contribution in [1.29, 1.82) is 0 Å². The summed E-state index contributed by atoms with van der Waals surface area (Å²) in [5.74, 6) is 0.708. The number of likely N-dealkylation sites (tertiary alicyclic amines) is 1. The van der Waals surface area contributed by atoms with Crippen LogP contribution in [-0.2, 0) is 9.59 Å². The molecule has 3 atom stereocenters. The van der Waals surface area contributed by atoms with Gasteiger partial charge in [0, 0.05) is 26.2 Å². The zero-order valence-corrected chi connectivity index (χ0v) is 12.9. The maximum Gasteiger partial charge on any atom is 0.226 e. The topological polar surface area (TPSA) is 52.7 Å². The lowest BCUT2D eigenvalue weighted by Crippen LogP contribution is -2.41. The van der Waals surface area contributed by atoms with Gasteiger partial charge in [0.25, 0.3) is 0 Å². The number of hydrogen-bond donors (Lipinski definition) is 1. The van der Waals surface area contributed by atoms with E-state index in [0.29, 0.717) is 12.5 Å². The Morgan fingerprint density at radius 2 is 2.05 bits per heavy atom. The highest BCUT2D eigenvalue weighted by atomic mass is 16.2. The number of rotatable bonds is 5. The molecule has 1 aliphatic heterocycles. The van der Waals surface area contributed by atoms with Gasteiger partial charge in [0.2, 0.25) is 11.8 Å². The largest absolute Gasteiger partial charge is 0.355 e. The summed E-state index contributed by atoms with van der Waals surface area (Å²) in [6.45, 7) is 5.42. The van der Waals surface area contributed by atoms with Gasteiger partial charge in [-0.25, -0.2) is 0 Å². The van der Waals surface area contributed by atoms with Gasteiger partial charge in [0.05, 0.1) is 11.8 Å². The number of nitrogens with zero attached hydrogens (tertiary/aromatic N) is 2. The first-order valence-corrected chi connectivity index (χ1v) is 7.70. The average molecular weight is 281 g/mol. The number of hydrogen-bond acceptors (Lipinski definition) is 3. The summed E-state index contributed by atoms with van der Waals surface area (Å²) >= 11 is 0. The molecule has 3 unspecified atom stereocenters. The van der Waals surface area contributed by atoms with Crippen LogP contribution in [0.1, 0.15) is 26.2 Å². The molecule has 0 spiro atoms. The fourth-order valence-electron chi connectivity index (χ4n) is 2.92. The predicted octanol–water partition coefficient (Wildman–Crippen LogP) is 0.559. The third-order valence-electron chi connectivity index (χ3n) is 4.27. The fraction of sp³-hybridized carbons (Fsp3) is 0.867. The van der Waals surface area contributed by atoms with Gasteiger partial charge in [-0.2, -0.15) is 0 Å². The molecule has 1 N–H and O–H groups in total. The Morgan fingerprint density at radius 1 is 1.30 bits per heavy atom. The Bertz CT molecular complexity index is 370. The normalized spacial score (nSPS) is 29.4. The van der Waals surface area contributed by atoms with Crippen molar-refractivity contribution in [3.8, 4) is 0 Å². The summed E-state index contributed by atoms with van der Waals surface area (Å²) in [6.07, 6.45) is 3.04. The number of carbonyl (C=O) groups is 2. The van der Waals surface area contributed by atoms with E-state index in [-0.39, 0.29) is 23.7 Å². The van der Waals surface area contributed by atoms with Gasteiger partial charge in [-0.1, -0.05) is 6.92 Å². The SMILES string of the molecule is CC1CCCN(C(=O)C2CC2C(=O)NCCN(C)C)C1. The monoisotopic (exact) mass is 281 g/mol. The van der Waals surface area contributed by atoms with Crippen LogP contribution in [0.25, 0.3) is 0 Å². The van der Waals surface area contributed by atoms with E-state index in [1.165, 1.54) is 6.42 Å². The molecule has 5 heteroatoms. The summed E-state index contributed by atoms with van der Waals surface area (Å²) < 4.78 is 0. The number of likely N-dealkylation sites (N-methyl/N-ethyl adjacent to an activating group) is 1. The Morgan fingerprint density at radius 3 is 2.70 bits per heavy atom. The van der Waals surface area contributed by atoms with E-state index in [2.05, 4.69) is 12.2 Å². The van der Waals surface area contributed by atoms with Crippen molar-refractivity contribution in [2.75, 3.05) is 40.3 Å². The molecule has 2 rings (SSSR count). The van der Waals surface area contributed by atoms with Crippen molar-refractivity contribution in [1.82, 2.24) is 15.1 Å². The Hall–Kier alpha value is -1.10. The molecule has 114 valence electrons. The lowest BCUT2D eigenvalue weighted by atomic mass is 10.00. The molecule has 2 fully saturated rings. The van der Waals surface area contributed by atoms with Gasteiger partial charge >= 0.3 is 0 Å². The second-order valence-corrected chi connectivity index (χ2v) is 6.57. The second kappa shape index (κ2) is 6.57. The fourth-order valence-corrected chi connectivity index (χ4v) is 2.92. The molecule has 1 aliphatic carbocycles. The van der Waals surface area contributed by atoms with Crippen LogP contribution in [0.15, 0.2) is 0 Å². The van der Waals surface area contributed by atoms with Crippen molar-refractivity contribution in [3.05, 3.63) is 0 Å². The van der Waals surface area contributed by atoms with Crippen LogP contribution in [0.4, 0.5) is 0 Å². The summed E-state index contributed by atoms with van der Waals surface area (Å²) in [4.78, 5) is 28.3. The van der Waals surface area contributed by atoms with Crippen LogP contribution in [0.2, 0.25) is 0 Å². The van der Waals surface area contributed by atoms with E-state index in [0.717, 1.165) is 32.5 Å². The summed E-state index contributed by atoms with van der Waals surface area (Å²) in [7, 11) is 3.96. The molecule has 1 heterocycles. The molecule has 2 amide bonds. The van der Waals surface area contributed by atoms with Gasteiger partial charge in [0.1, 0.15) is 0 Å². The first-order valence-electron chi connectivity index (χ1n) is 7.70. The third-order valence-corrected chi connectivity index (χ3v) is 4.27. The predicted molar refractivity (Wildman–Crippen MR) is 78.1 cm³/mol. The van der Waals surface area contributed by atoms with Crippen LogP contribution in [0.5, 0.6) is 0 Å². The number of piperidine rings is 1. The van der Waals surface area contributed by atoms with Crippen LogP contribution in [0, 0.1) is 17.8 Å². The molecule has 20 heavy (non-hydrogen) atoms. The van der Waals surface area contributed by atoms with Crippen LogP contribution < -0.4 is 5.32 Å². The summed E-state index contributed by atoms with van der Waals surface area (Å²) in [5.41, 5.74) is 0. The van der Waals surface area contributed by atoms with E-state index < -0.39 is 0 Å². The lowest BCUT2D eigenvalue weighted by Gasteiger charge is -2.31. The zero-order valence-electron chi connectivity index (χ0n) is 12.9. The number of nitrogens with one attached hydrogen (secondary N) is 1. The van der Waals surface area contributed by atoms with Crippen LogP contribution in [-0.4, -0.2) is 61.9 Å². The molecule has 1 saturated heterocycles. The molecular formula is C15H27N3O2. The Kier molecular flexibility index (Phi) is 5.02. The Labute approximate surface area is 121 Å². The summed E-state index contributed by atoms with van der Waals surface area (Å²) in [5, 5.41) is 2.92. The average Bonchev–Trinajstić information content (AvgIpc) is 3.17. The quantitative estimate of drug-likeness (QED) is 0.801. The molecule has 0 aromatic rings. The standard InChI is InChI=1S/C15H27N3O2/c1-11-5-4-7-18(10-11)15(20)13-9-12(13)14(19)16-6-8-17(2)3/h11-13H,4-10H2,1-3H3,(H,16,19). The van der Waals surface area contributed by atoms with Crippen LogP contribution >= 0.6 is 0 Å². The highest BCUT2D eigenvalue weighted by Gasteiger charge is 2.49. The first kappa shape index (κ1) is 15.3. The highest BCUT2D eigenvalue weighted by molar-refractivity contribution is 5.92. The molecule has 0 bridgehead atoms. The molecule has 0 aromatic heterocycles. The van der Waals surface area contributed by atoms with E-state index in [1.807, 2.05) is 23.9 Å². The van der Waals surface area contributed by atoms with E-state index in [9.17, 15) is 9.59 Å². The first-order chi connectivity index (χ1) is 9.49. The summed E-state index contributed by atoms with van der Waals surface area (Å²) in [6, 6.07) is 0. The maximum absolute atomic E-state index is 12.3. The van der Waals surface area contributed by atoms with E-state index >= 15 is 0 Å². The maximum atomic E-state index is 12.3. The van der Waals surface area contributed by atoms with Crippen LogP contribution in [0.3, 0.4) is 0 Å². The number of amides is 2. The molecule has 5 nitrogen and oxygen atoms in total. The minimum absolute atomic E-state index is 0.0512. The van der Waals surface area contributed by atoms with Gasteiger partial charge in [-0.05, 0) is 39.3 Å². The Balaban J connectivity index is 1.73. The van der Waals surface area contributed by atoms with Crippen molar-refractivity contribution in [2.24, 2.45) is 17.8 Å². The third kappa shape index (κ3) is 3.95.